The molecule has 1 aliphatic carbocycles. The molecule has 1 radical (unpaired) electrons. The van der Waals surface area contributed by atoms with E-state index in [-0.39, 0.29) is 0 Å². The van der Waals surface area contributed by atoms with Gasteiger partial charge in [-0.15, -0.1) is 0 Å². The normalized spacial score (nSPS) is 18.7. The van der Waals surface area contributed by atoms with E-state index in [0.29, 0.717) is 0 Å². The highest BCUT2D eigenvalue weighted by atomic mass is 13.9. The van der Waals surface area contributed by atoms with E-state index in [1.807, 2.05) is 0 Å². The van der Waals surface area contributed by atoms with Gasteiger partial charge in [-0.1, -0.05) is 48.6 Å². The van der Waals surface area contributed by atoms with Gasteiger partial charge in [-0.25, -0.2) is 0 Å². The summed E-state index contributed by atoms with van der Waals surface area (Å²) in [6.07, 6.45) is 22.5. The molecule has 12 heavy (non-hydrogen) atoms. The second-order valence-electron chi connectivity index (χ2n) is 2.71. The third-order valence-corrected chi connectivity index (χ3v) is 1.64. The Hall–Kier alpha value is -1.04. The first-order valence-electron chi connectivity index (χ1n) is 4.45. The molecule has 0 aromatic rings. The van der Waals surface area contributed by atoms with Gasteiger partial charge in [0, 0.05) is 0 Å². The van der Waals surface area contributed by atoms with Crippen molar-refractivity contribution < 1.29 is 0 Å². The summed E-state index contributed by atoms with van der Waals surface area (Å²) in [4.78, 5) is 0. The van der Waals surface area contributed by atoms with Crippen LogP contribution in [0.15, 0.2) is 48.6 Å². The molecule has 0 heteroatoms. The van der Waals surface area contributed by atoms with E-state index >= 15 is 0 Å². The summed E-state index contributed by atoms with van der Waals surface area (Å²) in [5, 5.41) is 0. The van der Waals surface area contributed by atoms with Crippen molar-refractivity contribution in [1.82, 2.24) is 0 Å². The van der Waals surface area contributed by atoms with Gasteiger partial charge in [0.1, 0.15) is 0 Å². The van der Waals surface area contributed by atoms with Gasteiger partial charge in [0.15, 0.2) is 0 Å². The van der Waals surface area contributed by atoms with E-state index in [2.05, 4.69) is 55.0 Å². The lowest BCUT2D eigenvalue weighted by Crippen LogP contribution is -1.70. The summed E-state index contributed by atoms with van der Waals surface area (Å²) >= 11 is 0. The molecule has 0 aromatic carbocycles. The largest absolute Gasteiger partial charge is 0.0843 e. The zero-order valence-corrected chi connectivity index (χ0v) is 7.32. The average molecular weight is 159 g/mol. The van der Waals surface area contributed by atoms with Crippen LogP contribution in [0.25, 0.3) is 0 Å². The fourth-order valence-corrected chi connectivity index (χ4v) is 0.996. The van der Waals surface area contributed by atoms with Crippen LogP contribution in [0.2, 0.25) is 0 Å². The predicted octanol–water partition coefficient (Wildman–Crippen LogP) is 3.60. The number of allylic oxidation sites excluding steroid dienone is 8. The second kappa shape index (κ2) is 6.66. The lowest BCUT2D eigenvalue weighted by molar-refractivity contribution is 1.10. The van der Waals surface area contributed by atoms with Gasteiger partial charge in [0.05, 0.1) is 0 Å². The number of hydrogen-bond donors (Lipinski definition) is 0. The molecule has 0 saturated carbocycles. The summed E-state index contributed by atoms with van der Waals surface area (Å²) in [6.45, 7) is 0. The molecule has 0 spiro atoms. The van der Waals surface area contributed by atoms with Crippen LogP contribution in [0.3, 0.4) is 0 Å². The van der Waals surface area contributed by atoms with Crippen molar-refractivity contribution in [2.45, 2.75) is 19.3 Å². The molecule has 0 saturated heterocycles. The van der Waals surface area contributed by atoms with Crippen LogP contribution >= 0.6 is 0 Å². The summed E-state index contributed by atoms with van der Waals surface area (Å²) < 4.78 is 0. The maximum Gasteiger partial charge on any atom is -0.0163 e. The molecule has 0 amide bonds. The summed E-state index contributed by atoms with van der Waals surface area (Å²) in [6, 6.07) is 0. The van der Waals surface area contributed by atoms with E-state index in [4.69, 9.17) is 0 Å². The molecule has 0 N–H and O–H groups in total. The van der Waals surface area contributed by atoms with Gasteiger partial charge in [-0.2, -0.15) is 0 Å². The molecule has 0 nitrogen and oxygen atoms in total. The van der Waals surface area contributed by atoms with E-state index < -0.39 is 0 Å². The van der Waals surface area contributed by atoms with Crippen molar-refractivity contribution in [3.05, 3.63) is 55.0 Å². The lowest BCUT2D eigenvalue weighted by atomic mass is 10.2. The van der Waals surface area contributed by atoms with E-state index in [1.54, 1.807) is 0 Å². The minimum absolute atomic E-state index is 1.03. The maximum atomic E-state index is 2.26. The van der Waals surface area contributed by atoms with Crippen molar-refractivity contribution in [2.24, 2.45) is 0 Å². The minimum Gasteiger partial charge on any atom is -0.0843 e. The summed E-state index contributed by atoms with van der Waals surface area (Å²) in [5.41, 5.74) is 0. The van der Waals surface area contributed by atoms with Gasteiger partial charge in [-0.05, 0) is 25.7 Å². The van der Waals surface area contributed by atoms with Crippen molar-refractivity contribution >= 4 is 0 Å². The topological polar surface area (TPSA) is 0 Å². The van der Waals surface area contributed by atoms with E-state index in [0.717, 1.165) is 19.3 Å². The molecule has 0 unspecified atom stereocenters. The predicted molar refractivity (Wildman–Crippen MR) is 54.7 cm³/mol. The van der Waals surface area contributed by atoms with Crippen LogP contribution in [0, 0.1) is 6.42 Å². The van der Waals surface area contributed by atoms with Crippen LogP contribution in [-0.2, 0) is 0 Å². The molecule has 0 heterocycles. The molecule has 0 fully saturated rings. The monoisotopic (exact) mass is 159 g/mol. The standard InChI is InChI=1S/C12H15/c1-2-4-6-8-10-12-11-9-7-5-3-1/h1-4,7-9,11-12H,5-6,10H2. The quantitative estimate of drug-likeness (QED) is 0.506. The lowest BCUT2D eigenvalue weighted by Gasteiger charge is -1.89. The number of hydrogen-bond acceptors (Lipinski definition) is 0. The van der Waals surface area contributed by atoms with Gasteiger partial charge in [0.2, 0.25) is 0 Å². The fraction of sp³-hybridized carbons (Fsp3) is 0.250. The Bertz CT molecular complexity index is 182. The minimum atomic E-state index is 1.03. The summed E-state index contributed by atoms with van der Waals surface area (Å²) in [7, 11) is 0. The Morgan fingerprint density at radius 1 is 0.500 bits per heavy atom. The molecule has 1 aliphatic rings. The van der Waals surface area contributed by atoms with Gasteiger partial charge in [0.25, 0.3) is 0 Å². The smallest absolute Gasteiger partial charge is 0.0163 e. The van der Waals surface area contributed by atoms with Gasteiger partial charge < -0.3 is 0 Å². The number of rotatable bonds is 0. The Balaban J connectivity index is 2.42. The van der Waals surface area contributed by atoms with Crippen LogP contribution in [0.5, 0.6) is 0 Å². The zero-order chi connectivity index (χ0) is 8.49. The zero-order valence-electron chi connectivity index (χ0n) is 7.32. The molecule has 0 atom stereocenters. The average Bonchev–Trinajstić information content (AvgIpc) is 2.05. The highest BCUT2D eigenvalue weighted by molar-refractivity contribution is 5.10. The van der Waals surface area contributed by atoms with Crippen molar-refractivity contribution in [1.29, 1.82) is 0 Å². The van der Waals surface area contributed by atoms with Crippen LogP contribution in [0.4, 0.5) is 0 Å². The molecule has 0 aromatic heterocycles. The first kappa shape index (κ1) is 9.05. The molecule has 0 bridgehead atoms. The van der Waals surface area contributed by atoms with Gasteiger partial charge in [-0.3, -0.25) is 0 Å². The van der Waals surface area contributed by atoms with Crippen LogP contribution in [-0.4, -0.2) is 0 Å². The SMILES string of the molecule is [CH]1CC=CC=CCC=CC=CC1. The third-order valence-electron chi connectivity index (χ3n) is 1.64. The maximum absolute atomic E-state index is 2.26. The Morgan fingerprint density at radius 2 is 0.917 bits per heavy atom. The van der Waals surface area contributed by atoms with Gasteiger partial charge >= 0.3 is 0 Å². The molecular formula is C12H15. The Labute approximate surface area is 75.0 Å². The van der Waals surface area contributed by atoms with Crippen molar-refractivity contribution in [3.63, 3.8) is 0 Å². The van der Waals surface area contributed by atoms with Crippen molar-refractivity contribution in [2.75, 3.05) is 0 Å². The Kier molecular flexibility index (Phi) is 5.02. The van der Waals surface area contributed by atoms with Crippen LogP contribution < -0.4 is 0 Å². The highest BCUT2D eigenvalue weighted by Gasteiger charge is 1.80. The molecular weight excluding hydrogens is 144 g/mol. The molecule has 1 rings (SSSR count). The highest BCUT2D eigenvalue weighted by Crippen LogP contribution is 1.98. The van der Waals surface area contributed by atoms with Crippen molar-refractivity contribution in [3.8, 4) is 0 Å². The first-order chi connectivity index (χ1) is 6.00. The van der Waals surface area contributed by atoms with E-state index in [9.17, 15) is 0 Å². The summed E-state index contributed by atoms with van der Waals surface area (Å²) in [5.74, 6) is 0. The molecule has 63 valence electrons. The fourth-order valence-electron chi connectivity index (χ4n) is 0.996. The second-order valence-corrected chi connectivity index (χ2v) is 2.71. The first-order valence-corrected chi connectivity index (χ1v) is 4.45. The molecule has 0 aliphatic heterocycles. The van der Waals surface area contributed by atoms with Crippen LogP contribution in [0.1, 0.15) is 19.3 Å². The Morgan fingerprint density at radius 3 is 1.42 bits per heavy atom. The third kappa shape index (κ3) is 4.73. The van der Waals surface area contributed by atoms with E-state index in [1.165, 1.54) is 0 Å².